The lowest BCUT2D eigenvalue weighted by Gasteiger charge is -2.30. The van der Waals surface area contributed by atoms with Crippen molar-refractivity contribution in [2.24, 2.45) is 0 Å². The standard InChI is InChI=1S/C16H24O5/c1-6-15(2,3)10-8-11(17)9(7-12(10)18)13(19)14(20)16(4,5)21/h6-8,13-14,17-21H,1H2,2-5H3. The largest absolute Gasteiger partial charge is 0.508 e. The molecule has 2 unspecified atom stereocenters. The Kier molecular flexibility index (Phi) is 4.73. The van der Waals surface area contributed by atoms with E-state index in [9.17, 15) is 25.5 Å². The highest BCUT2D eigenvalue weighted by atomic mass is 16.4. The first-order valence-electron chi connectivity index (χ1n) is 6.70. The first-order chi connectivity index (χ1) is 9.41. The van der Waals surface area contributed by atoms with E-state index in [1.54, 1.807) is 6.08 Å². The lowest BCUT2D eigenvalue weighted by molar-refractivity contribution is -0.108. The van der Waals surface area contributed by atoms with Gasteiger partial charge in [0.2, 0.25) is 0 Å². The van der Waals surface area contributed by atoms with Gasteiger partial charge >= 0.3 is 0 Å². The van der Waals surface area contributed by atoms with Gasteiger partial charge in [-0.1, -0.05) is 19.9 Å². The fraction of sp³-hybridized carbons (Fsp3) is 0.500. The molecule has 1 aromatic rings. The van der Waals surface area contributed by atoms with Crippen LogP contribution in [-0.4, -0.2) is 37.2 Å². The summed E-state index contributed by atoms with van der Waals surface area (Å²) in [6.45, 7) is 9.99. The van der Waals surface area contributed by atoms with Crippen LogP contribution >= 0.6 is 0 Å². The van der Waals surface area contributed by atoms with E-state index in [1.807, 2.05) is 13.8 Å². The topological polar surface area (TPSA) is 101 Å². The average molecular weight is 296 g/mol. The van der Waals surface area contributed by atoms with E-state index in [-0.39, 0.29) is 17.1 Å². The van der Waals surface area contributed by atoms with E-state index in [2.05, 4.69) is 6.58 Å². The molecule has 5 nitrogen and oxygen atoms in total. The molecule has 1 rings (SSSR count). The average Bonchev–Trinajstić information content (AvgIpc) is 2.38. The predicted octanol–water partition coefficient (Wildman–Crippen LogP) is 1.73. The lowest BCUT2D eigenvalue weighted by atomic mass is 9.82. The third-order valence-electron chi connectivity index (χ3n) is 3.69. The molecule has 2 atom stereocenters. The van der Waals surface area contributed by atoms with Crippen molar-refractivity contribution in [3.8, 4) is 11.5 Å². The van der Waals surface area contributed by atoms with Crippen LogP contribution in [0, 0.1) is 0 Å². The van der Waals surface area contributed by atoms with Crippen molar-refractivity contribution in [2.75, 3.05) is 0 Å². The van der Waals surface area contributed by atoms with E-state index in [1.165, 1.54) is 26.0 Å². The maximum absolute atomic E-state index is 10.1. The van der Waals surface area contributed by atoms with Gasteiger partial charge in [-0.05, 0) is 26.0 Å². The van der Waals surface area contributed by atoms with Crippen LogP contribution in [0.3, 0.4) is 0 Å². The molecule has 0 aromatic heterocycles. The number of phenolic OH excluding ortho intramolecular Hbond substituents is 2. The summed E-state index contributed by atoms with van der Waals surface area (Å²) in [5.41, 5.74) is -1.73. The van der Waals surface area contributed by atoms with E-state index < -0.39 is 23.2 Å². The number of hydrogen-bond donors (Lipinski definition) is 5. The van der Waals surface area contributed by atoms with Gasteiger partial charge in [0.1, 0.15) is 23.7 Å². The Labute approximate surface area is 124 Å². The summed E-state index contributed by atoms with van der Waals surface area (Å²) in [5, 5.41) is 49.9. The van der Waals surface area contributed by atoms with E-state index in [0.29, 0.717) is 5.56 Å². The SMILES string of the molecule is C=CC(C)(C)c1cc(O)c(C(O)C(O)C(C)(C)O)cc1O. The highest BCUT2D eigenvalue weighted by molar-refractivity contribution is 5.50. The van der Waals surface area contributed by atoms with Crippen LogP contribution in [0.15, 0.2) is 24.8 Å². The quantitative estimate of drug-likeness (QED) is 0.421. The molecule has 1 aromatic carbocycles. The van der Waals surface area contributed by atoms with Crippen LogP contribution in [0.2, 0.25) is 0 Å². The number of benzene rings is 1. The van der Waals surface area contributed by atoms with Gasteiger partial charge in [-0.25, -0.2) is 0 Å². The van der Waals surface area contributed by atoms with Gasteiger partial charge in [-0.15, -0.1) is 6.58 Å². The summed E-state index contributed by atoms with van der Waals surface area (Å²) < 4.78 is 0. The van der Waals surface area contributed by atoms with Crippen LogP contribution in [0.4, 0.5) is 0 Å². The van der Waals surface area contributed by atoms with Gasteiger partial charge < -0.3 is 25.5 Å². The second kappa shape index (κ2) is 5.67. The molecule has 0 aliphatic carbocycles. The van der Waals surface area contributed by atoms with E-state index >= 15 is 0 Å². The van der Waals surface area contributed by atoms with E-state index in [4.69, 9.17) is 0 Å². The molecular formula is C16H24O5. The zero-order valence-corrected chi connectivity index (χ0v) is 12.8. The fourth-order valence-electron chi connectivity index (χ4n) is 2.01. The highest BCUT2D eigenvalue weighted by Gasteiger charge is 2.34. The predicted molar refractivity (Wildman–Crippen MR) is 80.3 cm³/mol. The molecule has 0 saturated carbocycles. The van der Waals surface area contributed by atoms with Crippen molar-refractivity contribution in [2.45, 2.75) is 50.9 Å². The Morgan fingerprint density at radius 1 is 1.05 bits per heavy atom. The molecule has 0 amide bonds. The smallest absolute Gasteiger partial charge is 0.122 e. The molecule has 0 fully saturated rings. The molecule has 0 saturated heterocycles. The summed E-state index contributed by atoms with van der Waals surface area (Å²) >= 11 is 0. The zero-order valence-electron chi connectivity index (χ0n) is 12.8. The van der Waals surface area contributed by atoms with Gasteiger partial charge in [0.05, 0.1) is 5.60 Å². The first-order valence-corrected chi connectivity index (χ1v) is 6.70. The summed E-state index contributed by atoms with van der Waals surface area (Å²) in [7, 11) is 0. The minimum absolute atomic E-state index is 0.0502. The Bertz CT molecular complexity index is 528. The van der Waals surface area contributed by atoms with E-state index in [0.717, 1.165) is 0 Å². The van der Waals surface area contributed by atoms with Crippen LogP contribution < -0.4 is 0 Å². The maximum atomic E-state index is 10.1. The molecule has 0 aliphatic rings. The Hall–Kier alpha value is -1.56. The summed E-state index contributed by atoms with van der Waals surface area (Å²) in [6, 6.07) is 2.52. The van der Waals surface area contributed by atoms with Crippen molar-refractivity contribution in [3.05, 3.63) is 35.9 Å². The monoisotopic (exact) mass is 296 g/mol. The molecule has 0 aliphatic heterocycles. The number of allylic oxidation sites excluding steroid dienone is 1. The third-order valence-corrected chi connectivity index (χ3v) is 3.69. The third kappa shape index (κ3) is 3.56. The number of hydrogen-bond acceptors (Lipinski definition) is 5. The normalized spacial score (nSPS) is 15.6. The second-order valence-electron chi connectivity index (χ2n) is 6.40. The minimum atomic E-state index is -1.56. The molecule has 118 valence electrons. The molecular weight excluding hydrogens is 272 g/mol. The number of rotatable bonds is 5. The Morgan fingerprint density at radius 2 is 1.57 bits per heavy atom. The second-order valence-corrected chi connectivity index (χ2v) is 6.40. The molecule has 5 heteroatoms. The Balaban J connectivity index is 3.30. The van der Waals surface area contributed by atoms with Gasteiger partial charge in [0.15, 0.2) is 0 Å². The lowest BCUT2D eigenvalue weighted by Crippen LogP contribution is -2.40. The maximum Gasteiger partial charge on any atom is 0.122 e. The van der Waals surface area contributed by atoms with Gasteiger partial charge in [0.25, 0.3) is 0 Å². The molecule has 0 bridgehead atoms. The molecule has 5 N–H and O–H groups in total. The van der Waals surface area contributed by atoms with Crippen LogP contribution in [0.1, 0.15) is 44.9 Å². The first kappa shape index (κ1) is 17.5. The number of aromatic hydroxyl groups is 2. The van der Waals surface area contributed by atoms with Gasteiger partial charge in [0, 0.05) is 16.5 Å². The number of aliphatic hydroxyl groups is 3. The molecule has 0 heterocycles. The van der Waals surface area contributed by atoms with Crippen molar-refractivity contribution in [1.29, 1.82) is 0 Å². The zero-order chi connectivity index (χ0) is 16.6. The van der Waals surface area contributed by atoms with Gasteiger partial charge in [-0.3, -0.25) is 0 Å². The summed E-state index contributed by atoms with van der Waals surface area (Å²) in [4.78, 5) is 0. The number of phenols is 2. The van der Waals surface area contributed by atoms with Crippen molar-refractivity contribution in [1.82, 2.24) is 0 Å². The van der Waals surface area contributed by atoms with Crippen LogP contribution in [-0.2, 0) is 5.41 Å². The van der Waals surface area contributed by atoms with Crippen LogP contribution in [0.5, 0.6) is 11.5 Å². The van der Waals surface area contributed by atoms with Crippen LogP contribution in [0.25, 0.3) is 0 Å². The summed E-state index contributed by atoms with van der Waals surface area (Å²) in [6.07, 6.45) is -1.42. The fourth-order valence-corrected chi connectivity index (χ4v) is 2.01. The van der Waals surface area contributed by atoms with Gasteiger partial charge in [-0.2, -0.15) is 0 Å². The molecule has 21 heavy (non-hydrogen) atoms. The van der Waals surface area contributed by atoms with Crippen molar-refractivity contribution >= 4 is 0 Å². The van der Waals surface area contributed by atoms with Crippen molar-refractivity contribution in [3.63, 3.8) is 0 Å². The van der Waals surface area contributed by atoms with Crippen molar-refractivity contribution < 1.29 is 25.5 Å². The number of aliphatic hydroxyl groups excluding tert-OH is 2. The highest BCUT2D eigenvalue weighted by Crippen LogP contribution is 2.40. The minimum Gasteiger partial charge on any atom is -0.508 e. The summed E-state index contributed by atoms with van der Waals surface area (Å²) in [5.74, 6) is -0.400. The molecule has 0 spiro atoms. The Morgan fingerprint density at radius 3 is 2.00 bits per heavy atom. The molecule has 0 radical (unpaired) electrons.